The average molecular weight is 467 g/mol. The van der Waals surface area contributed by atoms with Crippen LogP contribution in [0.25, 0.3) is 0 Å². The number of ether oxygens (including phenoxy) is 5. The molecule has 9 heteroatoms. The van der Waals surface area contributed by atoms with Gasteiger partial charge in [-0.15, -0.1) is 0 Å². The van der Waals surface area contributed by atoms with E-state index in [9.17, 15) is 4.79 Å². The fourth-order valence-electron chi connectivity index (χ4n) is 2.39. The van der Waals surface area contributed by atoms with Gasteiger partial charge in [-0.3, -0.25) is 0 Å². The second-order valence-electron chi connectivity index (χ2n) is 5.68. The maximum atomic E-state index is 11.3. The van der Waals surface area contributed by atoms with Crippen LogP contribution in [0.15, 0.2) is 39.9 Å². The molecular formula is C20H23BrN2O6. The molecular weight excluding hydrogens is 444 g/mol. The Hall–Kier alpha value is -2.94. The van der Waals surface area contributed by atoms with Crippen LogP contribution in [-0.4, -0.2) is 47.2 Å². The first-order chi connectivity index (χ1) is 14.0. The molecule has 0 spiro atoms. The third-order valence-electron chi connectivity index (χ3n) is 3.85. The van der Waals surface area contributed by atoms with Gasteiger partial charge in [0.25, 0.3) is 0 Å². The quantitative estimate of drug-likeness (QED) is 0.326. The zero-order valence-corrected chi connectivity index (χ0v) is 18.2. The van der Waals surface area contributed by atoms with E-state index in [-0.39, 0.29) is 6.61 Å². The molecule has 2 aromatic carbocycles. The lowest BCUT2D eigenvalue weighted by Crippen LogP contribution is -2.13. The lowest BCUT2D eigenvalue weighted by Gasteiger charge is -2.12. The number of benzene rings is 2. The highest BCUT2D eigenvalue weighted by molar-refractivity contribution is 9.10. The number of nitrogens with one attached hydrogen (secondary N) is 1. The van der Waals surface area contributed by atoms with E-state index in [0.717, 1.165) is 11.1 Å². The predicted octanol–water partition coefficient (Wildman–Crippen LogP) is 3.15. The number of carbonyl (C=O) groups excluding carboxylic acids is 1. The third kappa shape index (κ3) is 6.28. The first-order valence-electron chi connectivity index (χ1n) is 8.56. The second kappa shape index (κ2) is 11.2. The van der Waals surface area contributed by atoms with E-state index in [1.807, 2.05) is 18.2 Å². The first kappa shape index (κ1) is 22.4. The molecule has 2 aromatic rings. The van der Waals surface area contributed by atoms with Crippen LogP contribution in [0.5, 0.6) is 23.0 Å². The minimum Gasteiger partial charge on any atom is -0.493 e. The summed E-state index contributed by atoms with van der Waals surface area (Å²) in [6, 6.07) is 9.20. The Balaban J connectivity index is 2.03. The van der Waals surface area contributed by atoms with Gasteiger partial charge < -0.3 is 29.1 Å². The molecule has 2 rings (SSSR count). The van der Waals surface area contributed by atoms with Gasteiger partial charge in [0, 0.05) is 0 Å². The van der Waals surface area contributed by atoms with Gasteiger partial charge in [-0.05, 0) is 51.3 Å². The maximum absolute atomic E-state index is 11.3. The van der Waals surface area contributed by atoms with Crippen molar-refractivity contribution >= 4 is 28.1 Å². The van der Waals surface area contributed by atoms with Crippen molar-refractivity contribution in [2.45, 2.75) is 6.54 Å². The van der Waals surface area contributed by atoms with Crippen LogP contribution in [0.2, 0.25) is 0 Å². The molecule has 0 unspecified atom stereocenters. The summed E-state index contributed by atoms with van der Waals surface area (Å²) in [5, 5.41) is 4.23. The van der Waals surface area contributed by atoms with Gasteiger partial charge in [0.15, 0.2) is 29.6 Å². The Morgan fingerprint density at radius 2 is 1.76 bits per heavy atom. The van der Waals surface area contributed by atoms with Crippen LogP contribution >= 0.6 is 15.9 Å². The third-order valence-corrected chi connectivity index (χ3v) is 4.44. The molecule has 0 aliphatic carbocycles. The van der Waals surface area contributed by atoms with Gasteiger partial charge in [-0.1, -0.05) is 6.07 Å². The molecule has 0 atom stereocenters. The number of hydrazone groups is 1. The van der Waals surface area contributed by atoms with E-state index in [0.29, 0.717) is 34.0 Å². The molecule has 8 nitrogen and oxygen atoms in total. The molecule has 0 radical (unpaired) electrons. The van der Waals surface area contributed by atoms with Crippen molar-refractivity contribution in [1.29, 1.82) is 0 Å². The molecule has 0 heterocycles. The first-order valence-corrected chi connectivity index (χ1v) is 9.35. The van der Waals surface area contributed by atoms with E-state index in [2.05, 4.69) is 31.2 Å². The highest BCUT2D eigenvalue weighted by Crippen LogP contribution is 2.36. The number of carbonyl (C=O) groups is 1. The van der Waals surface area contributed by atoms with E-state index in [4.69, 9.17) is 18.9 Å². The summed E-state index contributed by atoms with van der Waals surface area (Å²) in [6.45, 7) is 0.293. The van der Waals surface area contributed by atoms with Crippen molar-refractivity contribution in [3.8, 4) is 23.0 Å². The second-order valence-corrected chi connectivity index (χ2v) is 6.54. The smallest absolute Gasteiger partial charge is 0.343 e. The lowest BCUT2D eigenvalue weighted by molar-refractivity contribution is -0.142. The number of esters is 1. The normalized spacial score (nSPS) is 10.5. The van der Waals surface area contributed by atoms with Crippen molar-refractivity contribution in [1.82, 2.24) is 5.43 Å². The Morgan fingerprint density at radius 3 is 2.41 bits per heavy atom. The van der Waals surface area contributed by atoms with E-state index in [1.165, 1.54) is 14.2 Å². The molecule has 0 aliphatic heterocycles. The van der Waals surface area contributed by atoms with Crippen LogP contribution in [-0.2, 0) is 16.1 Å². The number of hydrogen-bond acceptors (Lipinski definition) is 8. The summed E-state index contributed by atoms with van der Waals surface area (Å²) in [4.78, 5) is 11.3. The highest BCUT2D eigenvalue weighted by atomic mass is 79.9. The monoisotopic (exact) mass is 466 g/mol. The molecule has 29 heavy (non-hydrogen) atoms. The number of hydrogen-bond donors (Lipinski definition) is 1. The van der Waals surface area contributed by atoms with E-state index in [1.54, 1.807) is 32.6 Å². The molecule has 0 amide bonds. The molecule has 0 aliphatic rings. The minimum atomic E-state index is -0.482. The largest absolute Gasteiger partial charge is 0.493 e. The van der Waals surface area contributed by atoms with Gasteiger partial charge in [-0.25, -0.2) is 4.79 Å². The standard InChI is InChI=1S/C20H23BrN2O6/c1-25-16-6-5-13(8-17(16)26-2)10-22-23-11-14-7-15(21)20(18(9-14)27-3)29-12-19(24)28-4/h5-9,11,22H,10,12H2,1-4H3/b23-11+. The van der Waals surface area contributed by atoms with Gasteiger partial charge in [0.1, 0.15) is 0 Å². The Bertz CT molecular complexity index is 872. The predicted molar refractivity (Wildman–Crippen MR) is 112 cm³/mol. The summed E-state index contributed by atoms with van der Waals surface area (Å²) in [5.74, 6) is 1.72. The number of rotatable bonds is 10. The SMILES string of the molecule is COC(=O)COc1c(Br)cc(/C=N/NCc2ccc(OC)c(OC)c2)cc1OC. The topological polar surface area (TPSA) is 87.6 Å². The van der Waals surface area contributed by atoms with Crippen molar-refractivity contribution in [2.24, 2.45) is 5.10 Å². The van der Waals surface area contributed by atoms with E-state index < -0.39 is 5.97 Å². The van der Waals surface area contributed by atoms with Crippen LogP contribution < -0.4 is 24.4 Å². The van der Waals surface area contributed by atoms with Crippen molar-refractivity contribution in [3.05, 3.63) is 45.9 Å². The van der Waals surface area contributed by atoms with Crippen LogP contribution in [0.3, 0.4) is 0 Å². The number of halogens is 1. The van der Waals surface area contributed by atoms with Crippen LogP contribution in [0.4, 0.5) is 0 Å². The number of methoxy groups -OCH3 is 4. The summed E-state index contributed by atoms with van der Waals surface area (Å²) in [7, 11) is 6.00. The molecule has 0 saturated carbocycles. The van der Waals surface area contributed by atoms with Gasteiger partial charge in [0.2, 0.25) is 0 Å². The highest BCUT2D eigenvalue weighted by Gasteiger charge is 2.13. The molecule has 0 aromatic heterocycles. The van der Waals surface area contributed by atoms with Crippen molar-refractivity contribution in [2.75, 3.05) is 35.0 Å². The number of nitrogens with zero attached hydrogens (tertiary/aromatic N) is 1. The summed E-state index contributed by atoms with van der Waals surface area (Å²) >= 11 is 3.42. The average Bonchev–Trinajstić information content (AvgIpc) is 2.74. The fraction of sp³-hybridized carbons (Fsp3) is 0.300. The van der Waals surface area contributed by atoms with Gasteiger partial charge in [-0.2, -0.15) is 5.10 Å². The van der Waals surface area contributed by atoms with Crippen LogP contribution in [0.1, 0.15) is 11.1 Å². The Morgan fingerprint density at radius 1 is 1.03 bits per heavy atom. The van der Waals surface area contributed by atoms with Crippen LogP contribution in [0, 0.1) is 0 Å². The Labute approximate surface area is 177 Å². The van der Waals surface area contributed by atoms with Crippen molar-refractivity contribution in [3.63, 3.8) is 0 Å². The maximum Gasteiger partial charge on any atom is 0.343 e. The zero-order valence-electron chi connectivity index (χ0n) is 16.7. The Kier molecular flexibility index (Phi) is 8.60. The van der Waals surface area contributed by atoms with Crippen molar-refractivity contribution < 1.29 is 28.5 Å². The minimum absolute atomic E-state index is 0.216. The van der Waals surface area contributed by atoms with Gasteiger partial charge >= 0.3 is 5.97 Å². The van der Waals surface area contributed by atoms with E-state index >= 15 is 0 Å². The lowest BCUT2D eigenvalue weighted by atomic mass is 10.2. The zero-order chi connectivity index (χ0) is 21.2. The molecule has 0 fully saturated rings. The molecule has 0 saturated heterocycles. The fourth-order valence-corrected chi connectivity index (χ4v) is 2.97. The van der Waals surface area contributed by atoms with Gasteiger partial charge in [0.05, 0.1) is 45.7 Å². The summed E-state index contributed by atoms with van der Waals surface area (Å²) in [6.07, 6.45) is 1.65. The molecule has 1 N–H and O–H groups in total. The molecule has 156 valence electrons. The summed E-state index contributed by atoms with van der Waals surface area (Å²) in [5.41, 5.74) is 4.75. The molecule has 0 bridgehead atoms. The summed E-state index contributed by atoms with van der Waals surface area (Å²) < 4.78 is 26.5.